The largest absolute Gasteiger partial charge is 0.342 e. The van der Waals surface area contributed by atoms with Gasteiger partial charge in [0.2, 0.25) is 5.91 Å². The third-order valence-corrected chi connectivity index (χ3v) is 5.07. The van der Waals surface area contributed by atoms with Crippen molar-refractivity contribution in [3.05, 3.63) is 0 Å². The van der Waals surface area contributed by atoms with E-state index in [1.54, 1.807) is 0 Å². The summed E-state index contributed by atoms with van der Waals surface area (Å²) in [7, 11) is 0. The van der Waals surface area contributed by atoms with Gasteiger partial charge in [0, 0.05) is 19.6 Å². The van der Waals surface area contributed by atoms with Crippen LogP contribution < -0.4 is 5.32 Å². The summed E-state index contributed by atoms with van der Waals surface area (Å²) in [6, 6.07) is 0. The Balaban J connectivity index is 1.48. The lowest BCUT2D eigenvalue weighted by Crippen LogP contribution is -2.47. The van der Waals surface area contributed by atoms with Crippen LogP contribution in [-0.4, -0.2) is 61.5 Å². The van der Waals surface area contributed by atoms with Crippen molar-refractivity contribution in [2.24, 2.45) is 5.41 Å². The second-order valence-electron chi connectivity index (χ2n) is 6.29. The van der Waals surface area contributed by atoms with E-state index in [9.17, 15) is 4.79 Å². The molecule has 0 bridgehead atoms. The van der Waals surface area contributed by atoms with Crippen molar-refractivity contribution in [2.45, 2.75) is 32.1 Å². The van der Waals surface area contributed by atoms with Gasteiger partial charge in [-0.3, -0.25) is 9.69 Å². The Morgan fingerprint density at radius 1 is 1.06 bits per heavy atom. The smallest absolute Gasteiger partial charge is 0.236 e. The average Bonchev–Trinajstić information content (AvgIpc) is 3.03. The first-order chi connectivity index (χ1) is 8.77. The minimum atomic E-state index is 0.359. The van der Waals surface area contributed by atoms with Crippen LogP contribution in [0.15, 0.2) is 0 Å². The molecule has 3 heterocycles. The fourth-order valence-electron chi connectivity index (χ4n) is 3.68. The number of rotatable bonds is 2. The molecule has 0 aliphatic carbocycles. The number of carbonyl (C=O) groups excluding carboxylic acids is 1. The molecule has 0 unspecified atom stereocenters. The van der Waals surface area contributed by atoms with Crippen molar-refractivity contribution in [1.82, 2.24) is 15.1 Å². The Hall–Kier alpha value is -0.610. The van der Waals surface area contributed by atoms with E-state index in [1.807, 2.05) is 0 Å². The fraction of sp³-hybridized carbons (Fsp3) is 0.929. The zero-order chi connectivity index (χ0) is 12.4. The number of hydrogen-bond donors (Lipinski definition) is 1. The molecule has 0 atom stereocenters. The highest BCUT2D eigenvalue weighted by Crippen LogP contribution is 2.36. The van der Waals surface area contributed by atoms with E-state index >= 15 is 0 Å². The van der Waals surface area contributed by atoms with Gasteiger partial charge in [-0.25, -0.2) is 0 Å². The molecule has 0 saturated carbocycles. The van der Waals surface area contributed by atoms with Gasteiger partial charge >= 0.3 is 0 Å². The summed E-state index contributed by atoms with van der Waals surface area (Å²) in [5, 5.41) is 3.47. The number of likely N-dealkylation sites (tertiary alicyclic amines) is 2. The first-order valence-corrected chi connectivity index (χ1v) is 7.48. The van der Waals surface area contributed by atoms with Crippen LogP contribution in [0, 0.1) is 5.41 Å². The summed E-state index contributed by atoms with van der Waals surface area (Å²) >= 11 is 0. The molecular formula is C14H25N3O. The Morgan fingerprint density at radius 3 is 2.39 bits per heavy atom. The molecule has 3 aliphatic heterocycles. The third-order valence-electron chi connectivity index (χ3n) is 5.07. The topological polar surface area (TPSA) is 35.6 Å². The lowest BCUT2D eigenvalue weighted by atomic mass is 9.78. The molecule has 102 valence electrons. The van der Waals surface area contributed by atoms with Crippen LogP contribution in [0.2, 0.25) is 0 Å². The van der Waals surface area contributed by atoms with Gasteiger partial charge in [-0.2, -0.15) is 0 Å². The molecule has 3 saturated heterocycles. The fourth-order valence-corrected chi connectivity index (χ4v) is 3.68. The van der Waals surface area contributed by atoms with E-state index in [0.29, 0.717) is 17.9 Å². The Labute approximate surface area is 110 Å². The van der Waals surface area contributed by atoms with Gasteiger partial charge in [0.25, 0.3) is 0 Å². The predicted octanol–water partition coefficient (Wildman–Crippen LogP) is 0.684. The van der Waals surface area contributed by atoms with E-state index < -0.39 is 0 Å². The first kappa shape index (κ1) is 12.4. The van der Waals surface area contributed by atoms with Crippen LogP contribution in [0.1, 0.15) is 32.1 Å². The van der Waals surface area contributed by atoms with Crippen LogP contribution in [0.4, 0.5) is 0 Å². The molecule has 4 nitrogen and oxygen atoms in total. The Bertz CT molecular complexity index is 296. The van der Waals surface area contributed by atoms with Crippen molar-refractivity contribution in [2.75, 3.05) is 45.8 Å². The van der Waals surface area contributed by atoms with Gasteiger partial charge in [0.05, 0.1) is 6.54 Å². The highest BCUT2D eigenvalue weighted by atomic mass is 16.2. The van der Waals surface area contributed by atoms with Gasteiger partial charge in [0.15, 0.2) is 0 Å². The van der Waals surface area contributed by atoms with E-state index in [2.05, 4.69) is 15.1 Å². The van der Waals surface area contributed by atoms with Crippen molar-refractivity contribution in [3.8, 4) is 0 Å². The van der Waals surface area contributed by atoms with Crippen LogP contribution in [0.25, 0.3) is 0 Å². The summed E-state index contributed by atoms with van der Waals surface area (Å²) in [6.07, 6.45) is 6.24. The van der Waals surface area contributed by atoms with Crippen molar-refractivity contribution >= 4 is 5.91 Å². The zero-order valence-corrected chi connectivity index (χ0v) is 11.3. The van der Waals surface area contributed by atoms with Gasteiger partial charge in [-0.15, -0.1) is 0 Å². The predicted molar refractivity (Wildman–Crippen MR) is 71.4 cm³/mol. The number of nitrogens with zero attached hydrogens (tertiary/aromatic N) is 2. The van der Waals surface area contributed by atoms with Crippen LogP contribution >= 0.6 is 0 Å². The normalized spacial score (nSPS) is 28.1. The Kier molecular flexibility index (Phi) is 3.57. The molecule has 4 heteroatoms. The molecular weight excluding hydrogens is 226 g/mol. The molecule has 0 aromatic heterocycles. The van der Waals surface area contributed by atoms with Gasteiger partial charge in [-0.1, -0.05) is 0 Å². The number of carbonyl (C=O) groups is 1. The molecule has 0 aromatic carbocycles. The van der Waals surface area contributed by atoms with E-state index in [4.69, 9.17) is 0 Å². The van der Waals surface area contributed by atoms with Crippen LogP contribution in [-0.2, 0) is 4.79 Å². The monoisotopic (exact) mass is 251 g/mol. The molecule has 0 radical (unpaired) electrons. The van der Waals surface area contributed by atoms with E-state index in [-0.39, 0.29) is 0 Å². The van der Waals surface area contributed by atoms with Crippen molar-refractivity contribution in [1.29, 1.82) is 0 Å². The number of amides is 1. The maximum Gasteiger partial charge on any atom is 0.236 e. The summed E-state index contributed by atoms with van der Waals surface area (Å²) in [4.78, 5) is 16.6. The maximum atomic E-state index is 12.2. The quantitative estimate of drug-likeness (QED) is 0.784. The summed E-state index contributed by atoms with van der Waals surface area (Å²) in [6.45, 7) is 7.19. The summed E-state index contributed by atoms with van der Waals surface area (Å²) < 4.78 is 0. The van der Waals surface area contributed by atoms with Gasteiger partial charge in [0.1, 0.15) is 0 Å². The van der Waals surface area contributed by atoms with E-state index in [1.165, 1.54) is 45.2 Å². The highest BCUT2D eigenvalue weighted by molar-refractivity contribution is 5.78. The molecule has 0 aromatic rings. The first-order valence-electron chi connectivity index (χ1n) is 7.48. The van der Waals surface area contributed by atoms with E-state index in [0.717, 1.165) is 26.2 Å². The molecule has 18 heavy (non-hydrogen) atoms. The van der Waals surface area contributed by atoms with Gasteiger partial charge in [-0.05, 0) is 57.2 Å². The third kappa shape index (κ3) is 2.54. The number of piperidine rings is 1. The minimum absolute atomic E-state index is 0.359. The van der Waals surface area contributed by atoms with Crippen LogP contribution in [0.5, 0.6) is 0 Å². The molecule has 1 amide bonds. The highest BCUT2D eigenvalue weighted by Gasteiger charge is 2.38. The molecule has 1 spiro atoms. The van der Waals surface area contributed by atoms with Gasteiger partial charge < -0.3 is 10.2 Å². The average molecular weight is 251 g/mol. The van der Waals surface area contributed by atoms with Crippen molar-refractivity contribution < 1.29 is 4.79 Å². The lowest BCUT2D eigenvalue weighted by molar-refractivity contribution is -0.134. The van der Waals surface area contributed by atoms with Crippen LogP contribution in [0.3, 0.4) is 0 Å². The summed E-state index contributed by atoms with van der Waals surface area (Å²) in [5.41, 5.74) is 0.518. The molecule has 3 rings (SSSR count). The lowest BCUT2D eigenvalue weighted by Gasteiger charge is -2.39. The standard InChI is InChI=1S/C14H25N3O/c18-13(11-16-7-1-2-8-16)17-9-4-14(5-10-17)3-6-15-12-14/h15H,1-12H2. The second kappa shape index (κ2) is 5.17. The Morgan fingerprint density at radius 2 is 1.78 bits per heavy atom. The minimum Gasteiger partial charge on any atom is -0.342 e. The number of nitrogens with one attached hydrogen (secondary N) is 1. The zero-order valence-electron chi connectivity index (χ0n) is 11.3. The summed E-state index contributed by atoms with van der Waals surface area (Å²) in [5.74, 6) is 0.359. The van der Waals surface area contributed by atoms with Crippen molar-refractivity contribution in [3.63, 3.8) is 0 Å². The SMILES string of the molecule is O=C(CN1CCCC1)N1CCC2(CCNC2)CC1. The second-order valence-corrected chi connectivity index (χ2v) is 6.29. The number of hydrogen-bond acceptors (Lipinski definition) is 3. The molecule has 1 N–H and O–H groups in total. The molecule has 3 aliphatic rings. The molecule has 3 fully saturated rings. The maximum absolute atomic E-state index is 12.2.